The van der Waals surface area contributed by atoms with Crippen molar-refractivity contribution in [1.82, 2.24) is 0 Å². The third-order valence-electron chi connectivity index (χ3n) is 6.60. The van der Waals surface area contributed by atoms with E-state index in [1.54, 1.807) is 0 Å². The van der Waals surface area contributed by atoms with Gasteiger partial charge >= 0.3 is 0 Å². The number of rotatable bonds is 22. The SMILES string of the molecule is CCCCCCCCCC[N+](C)(C)C/C=C\C[N+](C)(C)CCCCCCCCCC.[Cl-].[Cl-]. The molecule has 0 aromatic rings. The lowest BCUT2D eigenvalue weighted by Crippen LogP contribution is -3.00. The van der Waals surface area contributed by atoms with E-state index >= 15 is 0 Å². The third-order valence-corrected chi connectivity index (χ3v) is 6.60. The Morgan fingerprint density at radius 3 is 0.938 bits per heavy atom. The Labute approximate surface area is 216 Å². The van der Waals surface area contributed by atoms with Gasteiger partial charge in [-0.15, -0.1) is 0 Å². The summed E-state index contributed by atoms with van der Waals surface area (Å²) < 4.78 is 2.27. The fourth-order valence-corrected chi connectivity index (χ4v) is 4.25. The molecule has 0 spiro atoms. The number of hydrogen-bond donors (Lipinski definition) is 0. The van der Waals surface area contributed by atoms with Crippen molar-refractivity contribution in [2.24, 2.45) is 0 Å². The maximum atomic E-state index is 2.44. The summed E-state index contributed by atoms with van der Waals surface area (Å²) in [5.41, 5.74) is 0. The van der Waals surface area contributed by atoms with E-state index < -0.39 is 0 Å². The van der Waals surface area contributed by atoms with E-state index in [4.69, 9.17) is 0 Å². The molecule has 0 heterocycles. The molecule has 4 heteroatoms. The summed E-state index contributed by atoms with van der Waals surface area (Å²) in [6.07, 6.45) is 27.6. The second kappa shape index (κ2) is 24.4. The number of likely N-dealkylation sites (N-methyl/N-ethyl adjacent to an activating group) is 2. The van der Waals surface area contributed by atoms with Crippen LogP contribution in [-0.2, 0) is 0 Å². The quantitative estimate of drug-likeness (QED) is 0.122. The zero-order chi connectivity index (χ0) is 22.6. The van der Waals surface area contributed by atoms with Crippen LogP contribution in [0.5, 0.6) is 0 Å². The molecule has 0 aliphatic rings. The van der Waals surface area contributed by atoms with Gasteiger partial charge in [-0.1, -0.05) is 90.9 Å². The van der Waals surface area contributed by atoms with Crippen LogP contribution in [0, 0.1) is 0 Å². The molecular weight excluding hydrogens is 435 g/mol. The molecule has 0 aromatic carbocycles. The summed E-state index contributed by atoms with van der Waals surface area (Å²) in [6, 6.07) is 0. The zero-order valence-electron chi connectivity index (χ0n) is 22.9. The van der Waals surface area contributed by atoms with Gasteiger partial charge in [0.1, 0.15) is 0 Å². The van der Waals surface area contributed by atoms with E-state index in [0.717, 1.165) is 8.97 Å². The van der Waals surface area contributed by atoms with Crippen LogP contribution in [0.2, 0.25) is 0 Å². The van der Waals surface area contributed by atoms with Gasteiger partial charge in [0, 0.05) is 0 Å². The van der Waals surface area contributed by atoms with Crippen molar-refractivity contribution in [3.63, 3.8) is 0 Å². The largest absolute Gasteiger partial charge is 1.00 e. The first-order chi connectivity index (χ1) is 14.3. The summed E-state index contributed by atoms with van der Waals surface area (Å²) >= 11 is 0. The van der Waals surface area contributed by atoms with Gasteiger partial charge in [0.2, 0.25) is 0 Å². The second-order valence-corrected chi connectivity index (χ2v) is 11.1. The molecule has 196 valence electrons. The maximum Gasteiger partial charge on any atom is 0.0971 e. The van der Waals surface area contributed by atoms with Gasteiger partial charge < -0.3 is 33.8 Å². The van der Waals surface area contributed by atoms with E-state index in [1.807, 2.05) is 0 Å². The number of hydrogen-bond acceptors (Lipinski definition) is 0. The zero-order valence-corrected chi connectivity index (χ0v) is 24.5. The summed E-state index contributed by atoms with van der Waals surface area (Å²) in [5, 5.41) is 0. The van der Waals surface area contributed by atoms with Gasteiger partial charge in [-0.25, -0.2) is 0 Å². The monoisotopic (exact) mass is 494 g/mol. The highest BCUT2D eigenvalue weighted by molar-refractivity contribution is 4.81. The molecule has 0 bridgehead atoms. The van der Waals surface area contributed by atoms with Crippen LogP contribution in [0.3, 0.4) is 0 Å². The van der Waals surface area contributed by atoms with E-state index in [0.29, 0.717) is 0 Å². The standard InChI is InChI=1S/C28H60N2.2ClH/c1-7-9-11-13-15-17-19-21-25-29(3,4)27-23-24-28-30(5,6)26-22-20-18-16-14-12-10-8-2;;/h23-24H,7-22,25-28H2,1-6H3;2*1H/q+2;;/p-2/b24-23-;;. The molecule has 0 rings (SSSR count). The van der Waals surface area contributed by atoms with E-state index in [-0.39, 0.29) is 24.8 Å². The minimum Gasteiger partial charge on any atom is -1.00 e. The fraction of sp³-hybridized carbons (Fsp3) is 0.929. The second-order valence-electron chi connectivity index (χ2n) is 11.1. The lowest BCUT2D eigenvalue weighted by molar-refractivity contribution is -0.887. The molecule has 0 aliphatic heterocycles. The van der Waals surface area contributed by atoms with Gasteiger partial charge in [0.05, 0.1) is 54.4 Å². The molecule has 0 aliphatic carbocycles. The third kappa shape index (κ3) is 26.5. The molecule has 0 fully saturated rings. The Balaban J connectivity index is -0.00000420. The summed E-state index contributed by atoms with van der Waals surface area (Å²) in [7, 11) is 9.58. The van der Waals surface area contributed by atoms with E-state index in [2.05, 4.69) is 54.2 Å². The molecule has 0 radical (unpaired) electrons. The van der Waals surface area contributed by atoms with Crippen LogP contribution in [0.25, 0.3) is 0 Å². The van der Waals surface area contributed by atoms with Crippen LogP contribution in [0.15, 0.2) is 12.2 Å². The van der Waals surface area contributed by atoms with Crippen molar-refractivity contribution in [3.8, 4) is 0 Å². The first-order valence-electron chi connectivity index (χ1n) is 13.6. The van der Waals surface area contributed by atoms with Crippen LogP contribution in [0.4, 0.5) is 0 Å². The van der Waals surface area contributed by atoms with Gasteiger partial charge in [-0.3, -0.25) is 0 Å². The molecule has 0 amide bonds. The summed E-state index contributed by atoms with van der Waals surface area (Å²) in [4.78, 5) is 0. The summed E-state index contributed by atoms with van der Waals surface area (Å²) in [6.45, 7) is 9.57. The normalized spacial score (nSPS) is 12.1. The van der Waals surface area contributed by atoms with Crippen molar-refractivity contribution < 1.29 is 33.8 Å². The highest BCUT2D eigenvalue weighted by atomic mass is 35.5. The predicted octanol–water partition coefficient (Wildman–Crippen LogP) is 1.98. The van der Waals surface area contributed by atoms with Gasteiger partial charge in [0.25, 0.3) is 0 Å². The van der Waals surface area contributed by atoms with Gasteiger partial charge in [-0.2, -0.15) is 0 Å². The highest BCUT2D eigenvalue weighted by Gasteiger charge is 2.14. The lowest BCUT2D eigenvalue weighted by Gasteiger charge is -2.30. The van der Waals surface area contributed by atoms with E-state index in [1.165, 1.54) is 129 Å². The predicted molar refractivity (Wildman–Crippen MR) is 138 cm³/mol. The smallest absolute Gasteiger partial charge is 0.0971 e. The van der Waals surface area contributed by atoms with Crippen LogP contribution in [0.1, 0.15) is 117 Å². The molecule has 0 saturated heterocycles. The molecule has 2 nitrogen and oxygen atoms in total. The minimum atomic E-state index is 0. The Kier molecular flexibility index (Phi) is 28.0. The highest BCUT2D eigenvalue weighted by Crippen LogP contribution is 2.12. The summed E-state index contributed by atoms with van der Waals surface area (Å²) in [5.74, 6) is 0. The van der Waals surface area contributed by atoms with Gasteiger partial charge in [0.15, 0.2) is 0 Å². The van der Waals surface area contributed by atoms with Gasteiger partial charge in [-0.05, 0) is 37.8 Å². The van der Waals surface area contributed by atoms with Crippen molar-refractivity contribution in [3.05, 3.63) is 12.2 Å². The van der Waals surface area contributed by atoms with Crippen molar-refractivity contribution in [2.45, 2.75) is 117 Å². The number of nitrogens with zero attached hydrogens (tertiary/aromatic N) is 2. The number of unbranched alkanes of at least 4 members (excludes halogenated alkanes) is 14. The molecule has 0 aromatic heterocycles. The Bertz CT molecular complexity index is 359. The minimum absolute atomic E-state index is 0. The van der Waals surface area contributed by atoms with Crippen LogP contribution < -0.4 is 24.8 Å². The first-order valence-corrected chi connectivity index (χ1v) is 13.6. The van der Waals surface area contributed by atoms with Crippen molar-refractivity contribution in [2.75, 3.05) is 54.4 Å². The Hall–Kier alpha value is 0.240. The average Bonchev–Trinajstić information content (AvgIpc) is 2.69. The fourth-order valence-electron chi connectivity index (χ4n) is 4.25. The van der Waals surface area contributed by atoms with Crippen molar-refractivity contribution in [1.29, 1.82) is 0 Å². The van der Waals surface area contributed by atoms with Crippen LogP contribution in [-0.4, -0.2) is 63.3 Å². The number of quaternary nitrogens is 2. The molecule has 0 saturated carbocycles. The van der Waals surface area contributed by atoms with Crippen LogP contribution >= 0.6 is 0 Å². The maximum absolute atomic E-state index is 2.44. The molecule has 0 atom stereocenters. The lowest BCUT2D eigenvalue weighted by atomic mass is 10.1. The Morgan fingerprint density at radius 1 is 0.406 bits per heavy atom. The molecule has 32 heavy (non-hydrogen) atoms. The molecular formula is C28H60Cl2N2. The van der Waals surface area contributed by atoms with E-state index in [9.17, 15) is 0 Å². The van der Waals surface area contributed by atoms with Crippen molar-refractivity contribution >= 4 is 0 Å². The average molecular weight is 496 g/mol. The first kappa shape index (κ1) is 36.8. The Morgan fingerprint density at radius 2 is 0.656 bits per heavy atom. The number of halogens is 2. The molecule has 0 N–H and O–H groups in total. The topological polar surface area (TPSA) is 0 Å². The molecule has 0 unspecified atom stereocenters.